The fourth-order valence-corrected chi connectivity index (χ4v) is 1.64. The fourth-order valence-electron chi connectivity index (χ4n) is 1.27. The zero-order chi connectivity index (χ0) is 11.3. The third-order valence-corrected chi connectivity index (χ3v) is 2.90. The van der Waals surface area contributed by atoms with Gasteiger partial charge in [-0.3, -0.25) is 4.98 Å². The summed E-state index contributed by atoms with van der Waals surface area (Å²) in [4.78, 5) is 4.02. The number of methoxy groups -OCH3 is 1. The van der Waals surface area contributed by atoms with Crippen LogP contribution in [0.25, 0.3) is 0 Å². The number of ether oxygens (including phenoxy) is 1. The lowest BCUT2D eigenvalue weighted by Gasteiger charge is -2.23. The van der Waals surface area contributed by atoms with Crippen LogP contribution in [0.2, 0.25) is 0 Å². The Labute approximate surface area is 99.4 Å². The van der Waals surface area contributed by atoms with Crippen LogP contribution >= 0.6 is 15.9 Å². The first-order chi connectivity index (χ1) is 7.15. The average molecular weight is 273 g/mol. The van der Waals surface area contributed by atoms with Crippen molar-refractivity contribution < 1.29 is 4.74 Å². The molecule has 1 aromatic heterocycles. The maximum absolute atomic E-state index is 5.18. The average Bonchev–Trinajstić information content (AvgIpc) is 2.20. The molecule has 1 N–H and O–H groups in total. The van der Waals surface area contributed by atoms with Gasteiger partial charge in [-0.1, -0.05) is 13.8 Å². The van der Waals surface area contributed by atoms with Gasteiger partial charge in [-0.2, -0.15) is 0 Å². The first kappa shape index (κ1) is 12.5. The van der Waals surface area contributed by atoms with E-state index in [0.717, 1.165) is 10.2 Å². The first-order valence-corrected chi connectivity index (χ1v) is 5.79. The van der Waals surface area contributed by atoms with Crippen molar-refractivity contribution in [3.8, 4) is 0 Å². The number of anilines is 1. The van der Waals surface area contributed by atoms with Crippen LogP contribution in [0.5, 0.6) is 0 Å². The second-order valence-electron chi connectivity index (χ2n) is 3.81. The van der Waals surface area contributed by atoms with E-state index in [-0.39, 0.29) is 0 Å². The van der Waals surface area contributed by atoms with Crippen LogP contribution < -0.4 is 5.32 Å². The lowest BCUT2D eigenvalue weighted by molar-refractivity contribution is 0.171. The van der Waals surface area contributed by atoms with Crippen molar-refractivity contribution in [1.29, 1.82) is 0 Å². The van der Waals surface area contributed by atoms with E-state index in [1.165, 1.54) is 0 Å². The third-order valence-electron chi connectivity index (χ3n) is 2.26. The number of aromatic nitrogens is 1. The van der Waals surface area contributed by atoms with Crippen LogP contribution in [0.1, 0.15) is 13.8 Å². The van der Waals surface area contributed by atoms with Crippen molar-refractivity contribution in [1.82, 2.24) is 4.98 Å². The van der Waals surface area contributed by atoms with Crippen molar-refractivity contribution in [3.63, 3.8) is 0 Å². The molecule has 0 amide bonds. The molecule has 4 heteroatoms. The van der Waals surface area contributed by atoms with Gasteiger partial charge in [0.2, 0.25) is 0 Å². The number of nitrogens with one attached hydrogen (secondary N) is 1. The minimum atomic E-state index is 0.314. The molecule has 0 saturated carbocycles. The highest BCUT2D eigenvalue weighted by molar-refractivity contribution is 9.10. The molecule has 1 unspecified atom stereocenters. The Balaban J connectivity index is 2.69. The van der Waals surface area contributed by atoms with E-state index in [9.17, 15) is 0 Å². The molecule has 0 aliphatic carbocycles. The summed E-state index contributed by atoms with van der Waals surface area (Å²) in [7, 11) is 1.72. The van der Waals surface area contributed by atoms with Crippen LogP contribution in [0.3, 0.4) is 0 Å². The standard InChI is InChI=1S/C11H17BrN2O/c1-8(2)11(7-15-3)14-10-4-5-13-6-9(10)12/h4-6,8,11H,7H2,1-3H3,(H,13,14). The molecule has 1 rings (SSSR count). The second kappa shape index (κ2) is 6.08. The maximum atomic E-state index is 5.18. The third kappa shape index (κ3) is 3.80. The summed E-state index contributed by atoms with van der Waals surface area (Å²) in [6.45, 7) is 5.05. The van der Waals surface area contributed by atoms with Gasteiger partial charge in [0.15, 0.2) is 0 Å². The Kier molecular flexibility index (Phi) is 5.05. The minimum absolute atomic E-state index is 0.314. The number of pyridine rings is 1. The quantitative estimate of drug-likeness (QED) is 0.895. The van der Waals surface area contributed by atoms with Gasteiger partial charge < -0.3 is 10.1 Å². The summed E-state index contributed by atoms with van der Waals surface area (Å²) < 4.78 is 6.16. The highest BCUT2D eigenvalue weighted by atomic mass is 79.9. The molecule has 1 aromatic rings. The van der Waals surface area contributed by atoms with E-state index in [0.29, 0.717) is 18.6 Å². The van der Waals surface area contributed by atoms with Crippen molar-refractivity contribution in [2.45, 2.75) is 19.9 Å². The summed E-state index contributed by atoms with van der Waals surface area (Å²) in [6, 6.07) is 2.27. The van der Waals surface area contributed by atoms with E-state index < -0.39 is 0 Å². The van der Waals surface area contributed by atoms with Gasteiger partial charge in [-0.05, 0) is 27.9 Å². The molecule has 0 radical (unpaired) electrons. The van der Waals surface area contributed by atoms with Crippen LogP contribution in [0, 0.1) is 5.92 Å². The number of halogens is 1. The monoisotopic (exact) mass is 272 g/mol. The van der Waals surface area contributed by atoms with Crippen molar-refractivity contribution in [2.75, 3.05) is 19.0 Å². The number of rotatable bonds is 5. The van der Waals surface area contributed by atoms with Gasteiger partial charge in [-0.15, -0.1) is 0 Å². The molecule has 15 heavy (non-hydrogen) atoms. The van der Waals surface area contributed by atoms with E-state index in [1.807, 2.05) is 6.07 Å². The Morgan fingerprint density at radius 2 is 2.27 bits per heavy atom. The maximum Gasteiger partial charge on any atom is 0.0666 e. The van der Waals surface area contributed by atoms with Gasteiger partial charge in [0.05, 0.1) is 22.8 Å². The highest BCUT2D eigenvalue weighted by Crippen LogP contribution is 2.22. The minimum Gasteiger partial charge on any atom is -0.383 e. The largest absolute Gasteiger partial charge is 0.383 e. The van der Waals surface area contributed by atoms with Gasteiger partial charge in [0, 0.05) is 19.5 Å². The Bertz CT molecular complexity index is 304. The predicted molar refractivity (Wildman–Crippen MR) is 66.1 cm³/mol. The Morgan fingerprint density at radius 3 is 2.80 bits per heavy atom. The zero-order valence-electron chi connectivity index (χ0n) is 9.33. The Morgan fingerprint density at radius 1 is 1.53 bits per heavy atom. The van der Waals surface area contributed by atoms with Crippen molar-refractivity contribution in [3.05, 3.63) is 22.9 Å². The van der Waals surface area contributed by atoms with Crippen LogP contribution in [-0.2, 0) is 4.74 Å². The normalized spacial score (nSPS) is 12.9. The lowest BCUT2D eigenvalue weighted by Crippen LogP contribution is -2.30. The van der Waals surface area contributed by atoms with Crippen LogP contribution in [-0.4, -0.2) is 24.7 Å². The molecule has 3 nitrogen and oxygen atoms in total. The molecule has 0 aromatic carbocycles. The predicted octanol–water partition coefficient (Wildman–Crippen LogP) is 2.93. The van der Waals surface area contributed by atoms with E-state index in [4.69, 9.17) is 4.74 Å². The second-order valence-corrected chi connectivity index (χ2v) is 4.66. The summed E-state index contributed by atoms with van der Waals surface area (Å²) in [5, 5.41) is 3.44. The van der Waals surface area contributed by atoms with E-state index >= 15 is 0 Å². The van der Waals surface area contributed by atoms with Crippen molar-refractivity contribution in [2.24, 2.45) is 5.92 Å². The molecule has 84 valence electrons. The van der Waals surface area contributed by atoms with Gasteiger partial charge >= 0.3 is 0 Å². The number of hydrogen-bond acceptors (Lipinski definition) is 3. The Hall–Kier alpha value is -0.610. The summed E-state index contributed by atoms with van der Waals surface area (Å²) in [5.41, 5.74) is 1.06. The topological polar surface area (TPSA) is 34.1 Å². The van der Waals surface area contributed by atoms with Gasteiger partial charge in [0.25, 0.3) is 0 Å². The van der Waals surface area contributed by atoms with E-state index in [2.05, 4.69) is 40.1 Å². The molecule has 1 atom stereocenters. The molecular formula is C11H17BrN2O. The highest BCUT2D eigenvalue weighted by Gasteiger charge is 2.13. The molecule has 1 heterocycles. The molecule has 0 aliphatic heterocycles. The van der Waals surface area contributed by atoms with Crippen LogP contribution in [0.4, 0.5) is 5.69 Å². The van der Waals surface area contributed by atoms with Gasteiger partial charge in [0.1, 0.15) is 0 Å². The molecule has 0 saturated heterocycles. The zero-order valence-corrected chi connectivity index (χ0v) is 10.9. The number of hydrogen-bond donors (Lipinski definition) is 1. The smallest absolute Gasteiger partial charge is 0.0666 e. The molecular weight excluding hydrogens is 256 g/mol. The lowest BCUT2D eigenvalue weighted by atomic mass is 10.1. The summed E-state index contributed by atoms with van der Waals surface area (Å²) in [5.74, 6) is 0.519. The molecule has 0 spiro atoms. The fraction of sp³-hybridized carbons (Fsp3) is 0.545. The molecule has 0 aliphatic rings. The SMILES string of the molecule is COCC(Nc1ccncc1Br)C(C)C. The van der Waals surface area contributed by atoms with E-state index in [1.54, 1.807) is 19.5 Å². The first-order valence-electron chi connectivity index (χ1n) is 5.00. The summed E-state index contributed by atoms with van der Waals surface area (Å²) >= 11 is 3.46. The van der Waals surface area contributed by atoms with Crippen LogP contribution in [0.15, 0.2) is 22.9 Å². The van der Waals surface area contributed by atoms with Crippen molar-refractivity contribution >= 4 is 21.6 Å². The number of nitrogens with zero attached hydrogens (tertiary/aromatic N) is 1. The summed E-state index contributed by atoms with van der Waals surface area (Å²) in [6.07, 6.45) is 3.56. The molecule has 0 bridgehead atoms. The van der Waals surface area contributed by atoms with Gasteiger partial charge in [-0.25, -0.2) is 0 Å². The molecule has 0 fully saturated rings.